The fraction of sp³-hybridized carbons (Fsp3) is 0.867. The highest BCUT2D eigenvalue weighted by Gasteiger charge is 2.21. The molecule has 0 aliphatic carbocycles. The highest BCUT2D eigenvalue weighted by molar-refractivity contribution is 5.06. The number of hydrogen-bond donors (Lipinski definition) is 1. The van der Waals surface area contributed by atoms with Gasteiger partial charge in [0.1, 0.15) is 0 Å². The van der Waals surface area contributed by atoms with Crippen molar-refractivity contribution in [3.63, 3.8) is 0 Å². The molecule has 3 atom stereocenters. The zero-order valence-electron chi connectivity index (χ0n) is 11.7. The largest absolute Gasteiger partial charge is 0.314 e. The van der Waals surface area contributed by atoms with Crippen LogP contribution < -0.4 is 5.32 Å². The fourth-order valence-corrected chi connectivity index (χ4v) is 3.14. The number of nitrogens with one attached hydrogen (secondary N) is 1. The number of piperidine rings is 1. The summed E-state index contributed by atoms with van der Waals surface area (Å²) in [5, 5.41) is 3.70. The van der Waals surface area contributed by atoms with Gasteiger partial charge in [0, 0.05) is 18.6 Å². The van der Waals surface area contributed by atoms with Crippen LogP contribution in [0.4, 0.5) is 0 Å². The topological polar surface area (TPSA) is 15.3 Å². The lowest BCUT2D eigenvalue weighted by Crippen LogP contribution is -2.40. The maximum atomic E-state index is 3.70. The van der Waals surface area contributed by atoms with Crippen molar-refractivity contribution >= 4 is 0 Å². The van der Waals surface area contributed by atoms with Crippen LogP contribution >= 0.6 is 0 Å². The summed E-state index contributed by atoms with van der Waals surface area (Å²) in [6, 6.07) is 1.56. The molecule has 1 fully saturated rings. The SMILES string of the molecule is CC1=CCC(CCC2CCC(C)CN2)N(C)C1. The maximum Gasteiger partial charge on any atom is 0.0190 e. The van der Waals surface area contributed by atoms with Gasteiger partial charge in [-0.1, -0.05) is 18.6 Å². The average Bonchev–Trinajstić information content (AvgIpc) is 2.30. The quantitative estimate of drug-likeness (QED) is 0.758. The summed E-state index contributed by atoms with van der Waals surface area (Å²) < 4.78 is 0. The third-order valence-corrected chi connectivity index (χ3v) is 4.47. The highest BCUT2D eigenvalue weighted by Crippen LogP contribution is 2.22. The van der Waals surface area contributed by atoms with E-state index in [2.05, 4.69) is 37.2 Å². The summed E-state index contributed by atoms with van der Waals surface area (Å²) in [5.74, 6) is 0.884. The lowest BCUT2D eigenvalue weighted by molar-refractivity contribution is 0.216. The van der Waals surface area contributed by atoms with Crippen LogP contribution in [0.15, 0.2) is 11.6 Å². The van der Waals surface area contributed by atoms with Crippen LogP contribution in [0.5, 0.6) is 0 Å². The van der Waals surface area contributed by atoms with Gasteiger partial charge in [-0.05, 0) is 58.5 Å². The molecule has 0 bridgehead atoms. The summed E-state index contributed by atoms with van der Waals surface area (Å²) in [6.45, 7) is 6.99. The average molecular weight is 236 g/mol. The van der Waals surface area contributed by atoms with E-state index in [1.807, 2.05) is 0 Å². The molecule has 2 nitrogen and oxygen atoms in total. The Bertz CT molecular complexity index is 264. The first-order chi connectivity index (χ1) is 8.15. The Hall–Kier alpha value is -0.340. The van der Waals surface area contributed by atoms with Gasteiger partial charge < -0.3 is 5.32 Å². The van der Waals surface area contributed by atoms with Gasteiger partial charge in [-0.3, -0.25) is 4.90 Å². The van der Waals surface area contributed by atoms with E-state index >= 15 is 0 Å². The van der Waals surface area contributed by atoms with Crippen LogP contribution in [0.2, 0.25) is 0 Å². The summed E-state index contributed by atoms with van der Waals surface area (Å²) >= 11 is 0. The zero-order chi connectivity index (χ0) is 12.3. The molecule has 2 aliphatic heterocycles. The molecular formula is C15H28N2. The normalized spacial score (nSPS) is 35.7. The minimum atomic E-state index is 0.778. The predicted molar refractivity (Wildman–Crippen MR) is 74.2 cm³/mol. The minimum absolute atomic E-state index is 0.778. The van der Waals surface area contributed by atoms with Crippen LogP contribution in [0.3, 0.4) is 0 Å². The van der Waals surface area contributed by atoms with Gasteiger partial charge in [-0.25, -0.2) is 0 Å². The van der Waals surface area contributed by atoms with Gasteiger partial charge >= 0.3 is 0 Å². The van der Waals surface area contributed by atoms with Crippen molar-refractivity contribution in [2.45, 2.75) is 58.0 Å². The maximum absolute atomic E-state index is 3.70. The summed E-state index contributed by atoms with van der Waals surface area (Å²) in [5.41, 5.74) is 1.54. The molecule has 0 aromatic heterocycles. The van der Waals surface area contributed by atoms with Crippen LogP contribution in [0.25, 0.3) is 0 Å². The number of hydrogen-bond acceptors (Lipinski definition) is 2. The van der Waals surface area contributed by atoms with E-state index in [1.165, 1.54) is 50.8 Å². The van der Waals surface area contributed by atoms with Crippen molar-refractivity contribution in [2.24, 2.45) is 5.92 Å². The van der Waals surface area contributed by atoms with E-state index < -0.39 is 0 Å². The zero-order valence-corrected chi connectivity index (χ0v) is 11.7. The van der Waals surface area contributed by atoms with E-state index in [1.54, 1.807) is 0 Å². The molecule has 3 unspecified atom stereocenters. The van der Waals surface area contributed by atoms with Crippen molar-refractivity contribution < 1.29 is 0 Å². The molecule has 2 rings (SSSR count). The Kier molecular flexibility index (Phi) is 4.63. The van der Waals surface area contributed by atoms with Gasteiger partial charge in [0.05, 0.1) is 0 Å². The molecule has 2 heterocycles. The molecule has 98 valence electrons. The van der Waals surface area contributed by atoms with E-state index in [-0.39, 0.29) is 0 Å². The first kappa shape index (κ1) is 13.1. The van der Waals surface area contributed by atoms with Gasteiger partial charge in [0.15, 0.2) is 0 Å². The molecule has 0 aromatic carbocycles. The second kappa shape index (κ2) is 6.01. The second-order valence-corrected chi connectivity index (χ2v) is 6.22. The fourth-order valence-electron chi connectivity index (χ4n) is 3.14. The van der Waals surface area contributed by atoms with E-state index in [4.69, 9.17) is 0 Å². The molecule has 2 aliphatic rings. The molecule has 0 aromatic rings. The summed E-state index contributed by atoms with van der Waals surface area (Å²) in [4.78, 5) is 2.53. The Morgan fingerprint density at radius 3 is 2.82 bits per heavy atom. The Morgan fingerprint density at radius 1 is 1.35 bits per heavy atom. The third-order valence-electron chi connectivity index (χ3n) is 4.47. The van der Waals surface area contributed by atoms with E-state index in [9.17, 15) is 0 Å². The van der Waals surface area contributed by atoms with Crippen LogP contribution in [-0.4, -0.2) is 37.1 Å². The Labute approximate surface area is 106 Å². The lowest BCUT2D eigenvalue weighted by atomic mass is 9.91. The molecule has 0 saturated carbocycles. The minimum Gasteiger partial charge on any atom is -0.314 e. The first-order valence-corrected chi connectivity index (χ1v) is 7.24. The molecule has 1 N–H and O–H groups in total. The van der Waals surface area contributed by atoms with Crippen molar-refractivity contribution in [3.05, 3.63) is 11.6 Å². The number of nitrogens with zero attached hydrogens (tertiary/aromatic N) is 1. The Morgan fingerprint density at radius 2 is 2.18 bits per heavy atom. The molecule has 0 amide bonds. The van der Waals surface area contributed by atoms with Gasteiger partial charge in [-0.15, -0.1) is 0 Å². The molecule has 1 saturated heterocycles. The van der Waals surface area contributed by atoms with Crippen molar-refractivity contribution in [2.75, 3.05) is 20.1 Å². The second-order valence-electron chi connectivity index (χ2n) is 6.22. The highest BCUT2D eigenvalue weighted by atomic mass is 15.1. The standard InChI is InChI=1S/C15H28N2/c1-12-4-6-14(16-10-12)7-9-15-8-5-13(2)11-17(15)3/h5,12,14-16H,4,6-11H2,1-3H3. The van der Waals surface area contributed by atoms with Crippen LogP contribution in [0.1, 0.15) is 46.0 Å². The van der Waals surface area contributed by atoms with E-state index in [0.717, 1.165) is 18.0 Å². The Balaban J connectivity index is 1.71. The molecule has 0 spiro atoms. The smallest absolute Gasteiger partial charge is 0.0190 e. The summed E-state index contributed by atoms with van der Waals surface area (Å²) in [7, 11) is 2.28. The van der Waals surface area contributed by atoms with Crippen LogP contribution in [0, 0.1) is 5.92 Å². The first-order valence-electron chi connectivity index (χ1n) is 7.24. The van der Waals surface area contributed by atoms with Crippen LogP contribution in [-0.2, 0) is 0 Å². The molecule has 17 heavy (non-hydrogen) atoms. The van der Waals surface area contributed by atoms with Crippen molar-refractivity contribution in [1.82, 2.24) is 10.2 Å². The van der Waals surface area contributed by atoms with Gasteiger partial charge in [0.2, 0.25) is 0 Å². The number of likely N-dealkylation sites (N-methyl/N-ethyl adjacent to an activating group) is 1. The molecule has 0 radical (unpaired) electrons. The van der Waals surface area contributed by atoms with Gasteiger partial charge in [0.25, 0.3) is 0 Å². The molecular weight excluding hydrogens is 208 g/mol. The van der Waals surface area contributed by atoms with Gasteiger partial charge in [-0.2, -0.15) is 0 Å². The van der Waals surface area contributed by atoms with Crippen molar-refractivity contribution in [3.8, 4) is 0 Å². The predicted octanol–water partition coefficient (Wildman–Crippen LogP) is 2.81. The van der Waals surface area contributed by atoms with E-state index in [0.29, 0.717) is 0 Å². The lowest BCUT2D eigenvalue weighted by Gasteiger charge is -2.34. The molecule has 2 heteroatoms. The van der Waals surface area contributed by atoms with Crippen molar-refractivity contribution in [1.29, 1.82) is 0 Å². The summed E-state index contributed by atoms with van der Waals surface area (Å²) in [6.07, 6.45) is 9.19. The number of rotatable bonds is 3. The monoisotopic (exact) mass is 236 g/mol. The third kappa shape index (κ3) is 3.82.